The van der Waals surface area contributed by atoms with Crippen molar-refractivity contribution in [3.63, 3.8) is 0 Å². The van der Waals surface area contributed by atoms with E-state index in [4.69, 9.17) is 0 Å². The van der Waals surface area contributed by atoms with E-state index in [-0.39, 0.29) is 11.4 Å². The van der Waals surface area contributed by atoms with E-state index in [1.165, 1.54) is 6.07 Å². The molecule has 2 aromatic rings. The number of halogens is 4. The molecule has 6 heteroatoms. The highest BCUT2D eigenvalue weighted by Gasteiger charge is 2.19. The van der Waals surface area contributed by atoms with Crippen molar-refractivity contribution in [2.24, 2.45) is 0 Å². The van der Waals surface area contributed by atoms with E-state index >= 15 is 0 Å². The molecular formula is C17H17F4NO. The van der Waals surface area contributed by atoms with Crippen LogP contribution >= 0.6 is 0 Å². The first-order valence-electron chi connectivity index (χ1n) is 7.11. The summed E-state index contributed by atoms with van der Waals surface area (Å²) in [5.74, 6) is -4.57. The van der Waals surface area contributed by atoms with Gasteiger partial charge in [-0.25, -0.2) is 17.6 Å². The van der Waals surface area contributed by atoms with Crippen molar-refractivity contribution in [2.45, 2.75) is 25.9 Å². The van der Waals surface area contributed by atoms with Crippen molar-refractivity contribution in [3.8, 4) is 0 Å². The molecule has 0 bridgehead atoms. The Morgan fingerprint density at radius 2 is 1.52 bits per heavy atom. The third-order valence-electron chi connectivity index (χ3n) is 3.74. The summed E-state index contributed by atoms with van der Waals surface area (Å²) in [5.41, 5.74) is 1.19. The zero-order valence-corrected chi connectivity index (χ0v) is 12.7. The Hall–Kier alpha value is -1.92. The van der Waals surface area contributed by atoms with Gasteiger partial charge in [-0.1, -0.05) is 12.1 Å². The van der Waals surface area contributed by atoms with Crippen LogP contribution in [0.25, 0.3) is 0 Å². The third kappa shape index (κ3) is 3.89. The van der Waals surface area contributed by atoms with Gasteiger partial charge >= 0.3 is 0 Å². The van der Waals surface area contributed by atoms with Gasteiger partial charge in [-0.2, -0.15) is 0 Å². The van der Waals surface area contributed by atoms with Crippen LogP contribution in [0.15, 0.2) is 30.3 Å². The van der Waals surface area contributed by atoms with Crippen molar-refractivity contribution in [1.29, 1.82) is 0 Å². The van der Waals surface area contributed by atoms with Crippen LogP contribution in [0.1, 0.15) is 35.7 Å². The number of nitrogens with one attached hydrogen (secondary N) is 1. The maximum Gasteiger partial charge on any atom is 0.194 e. The summed E-state index contributed by atoms with van der Waals surface area (Å²) in [7, 11) is 0. The number of hydrogen-bond acceptors (Lipinski definition) is 2. The summed E-state index contributed by atoms with van der Waals surface area (Å²) in [6.07, 6.45) is 0. The molecule has 0 aliphatic heterocycles. The lowest BCUT2D eigenvalue weighted by Gasteiger charge is -2.23. The predicted molar refractivity (Wildman–Crippen MR) is 78.8 cm³/mol. The van der Waals surface area contributed by atoms with E-state index in [2.05, 4.69) is 5.32 Å². The van der Waals surface area contributed by atoms with Crippen LogP contribution in [0.3, 0.4) is 0 Å². The molecular weight excluding hydrogens is 310 g/mol. The van der Waals surface area contributed by atoms with E-state index in [1.807, 2.05) is 0 Å². The predicted octanol–water partition coefficient (Wildman–Crippen LogP) is 3.94. The molecule has 0 spiro atoms. The lowest BCUT2D eigenvalue weighted by atomic mass is 10.0. The second kappa shape index (κ2) is 7.10. The molecule has 124 valence electrons. The minimum atomic E-state index is -1.56. The summed E-state index contributed by atoms with van der Waals surface area (Å²) in [5, 5.41) is 12.4. The minimum absolute atomic E-state index is 0.0725. The zero-order valence-electron chi connectivity index (χ0n) is 12.7. The van der Waals surface area contributed by atoms with Crippen LogP contribution < -0.4 is 5.32 Å². The van der Waals surface area contributed by atoms with Crippen molar-refractivity contribution in [2.75, 3.05) is 6.61 Å². The number of aliphatic hydroxyl groups is 1. The fourth-order valence-electron chi connectivity index (χ4n) is 2.31. The number of aliphatic hydroxyl groups excluding tert-OH is 1. The summed E-state index contributed by atoms with van der Waals surface area (Å²) in [6, 6.07) is 5.14. The third-order valence-corrected chi connectivity index (χ3v) is 3.74. The summed E-state index contributed by atoms with van der Waals surface area (Å²) in [4.78, 5) is 0. The van der Waals surface area contributed by atoms with Crippen molar-refractivity contribution in [1.82, 2.24) is 5.32 Å². The van der Waals surface area contributed by atoms with Crippen LogP contribution in [0.4, 0.5) is 17.6 Å². The van der Waals surface area contributed by atoms with Crippen LogP contribution in [-0.4, -0.2) is 11.7 Å². The average Bonchev–Trinajstić information content (AvgIpc) is 2.52. The second-order valence-electron chi connectivity index (χ2n) is 5.43. The Morgan fingerprint density at radius 1 is 0.957 bits per heavy atom. The highest BCUT2D eigenvalue weighted by molar-refractivity contribution is 5.27. The average molecular weight is 327 g/mol. The quantitative estimate of drug-likeness (QED) is 0.644. The van der Waals surface area contributed by atoms with E-state index < -0.39 is 36.1 Å². The second-order valence-corrected chi connectivity index (χ2v) is 5.43. The molecule has 2 N–H and O–H groups in total. The Morgan fingerprint density at radius 3 is 2.04 bits per heavy atom. The van der Waals surface area contributed by atoms with E-state index in [1.54, 1.807) is 26.0 Å². The van der Waals surface area contributed by atoms with E-state index in [9.17, 15) is 22.7 Å². The monoisotopic (exact) mass is 327 g/mol. The minimum Gasteiger partial charge on any atom is -0.394 e. The van der Waals surface area contributed by atoms with Crippen molar-refractivity contribution in [3.05, 3.63) is 70.3 Å². The molecule has 2 aromatic carbocycles. The van der Waals surface area contributed by atoms with Gasteiger partial charge in [0.1, 0.15) is 5.82 Å². The Labute approximate surface area is 131 Å². The summed E-state index contributed by atoms with van der Waals surface area (Å²) >= 11 is 0. The Kier molecular flexibility index (Phi) is 5.38. The van der Waals surface area contributed by atoms with Crippen molar-refractivity contribution >= 4 is 0 Å². The first kappa shape index (κ1) is 17.4. The largest absolute Gasteiger partial charge is 0.394 e. The lowest BCUT2D eigenvalue weighted by molar-refractivity contribution is 0.234. The zero-order chi connectivity index (χ0) is 17.1. The fraction of sp³-hybridized carbons (Fsp3) is 0.294. The topological polar surface area (TPSA) is 32.3 Å². The highest BCUT2D eigenvalue weighted by atomic mass is 19.2. The maximum atomic E-state index is 13.6. The van der Waals surface area contributed by atoms with Gasteiger partial charge in [0.25, 0.3) is 0 Å². The molecule has 0 heterocycles. The smallest absolute Gasteiger partial charge is 0.194 e. The molecule has 23 heavy (non-hydrogen) atoms. The first-order valence-corrected chi connectivity index (χ1v) is 7.11. The fourth-order valence-corrected chi connectivity index (χ4v) is 2.31. The number of aryl methyl sites for hydroxylation is 1. The molecule has 2 rings (SSSR count). The number of hydrogen-bond donors (Lipinski definition) is 2. The van der Waals surface area contributed by atoms with Crippen LogP contribution in [0.2, 0.25) is 0 Å². The van der Waals surface area contributed by atoms with E-state index in [0.29, 0.717) is 11.1 Å². The summed E-state index contributed by atoms with van der Waals surface area (Å²) < 4.78 is 53.3. The molecule has 2 atom stereocenters. The van der Waals surface area contributed by atoms with Gasteiger partial charge < -0.3 is 10.4 Å². The maximum absolute atomic E-state index is 13.6. The van der Waals surface area contributed by atoms with Crippen LogP contribution in [-0.2, 0) is 0 Å². The van der Waals surface area contributed by atoms with Gasteiger partial charge in [-0.05, 0) is 48.7 Å². The molecule has 0 aliphatic carbocycles. The first-order chi connectivity index (χ1) is 10.8. The number of rotatable bonds is 5. The van der Waals surface area contributed by atoms with Gasteiger partial charge in [-0.3, -0.25) is 0 Å². The molecule has 0 saturated carbocycles. The molecule has 0 fully saturated rings. The molecule has 0 saturated heterocycles. The highest BCUT2D eigenvalue weighted by Crippen LogP contribution is 2.23. The molecule has 2 nitrogen and oxygen atoms in total. The van der Waals surface area contributed by atoms with Gasteiger partial charge in [-0.15, -0.1) is 0 Å². The van der Waals surface area contributed by atoms with Crippen LogP contribution in [0, 0.1) is 30.2 Å². The lowest BCUT2D eigenvalue weighted by Crippen LogP contribution is -2.27. The van der Waals surface area contributed by atoms with Gasteiger partial charge in [0.15, 0.2) is 17.5 Å². The van der Waals surface area contributed by atoms with Crippen LogP contribution in [0.5, 0.6) is 0 Å². The molecule has 0 amide bonds. The van der Waals surface area contributed by atoms with E-state index in [0.717, 1.165) is 12.1 Å². The number of benzene rings is 2. The van der Waals surface area contributed by atoms with Gasteiger partial charge in [0.05, 0.1) is 12.6 Å². The van der Waals surface area contributed by atoms with Gasteiger partial charge in [0, 0.05) is 6.04 Å². The molecule has 0 aliphatic rings. The Balaban J connectivity index is 2.23. The SMILES string of the molecule is Cc1ccc(C(C)NC(CO)c2cc(F)c(F)c(F)c2)cc1F. The summed E-state index contributed by atoms with van der Waals surface area (Å²) in [6.45, 7) is 2.91. The Bertz CT molecular complexity index is 682. The molecule has 0 aromatic heterocycles. The molecule has 2 unspecified atom stereocenters. The van der Waals surface area contributed by atoms with Gasteiger partial charge in [0.2, 0.25) is 0 Å². The van der Waals surface area contributed by atoms with Crippen molar-refractivity contribution < 1.29 is 22.7 Å². The molecule has 0 radical (unpaired) electrons. The normalized spacial score (nSPS) is 13.9. The standard InChI is InChI=1S/C17H17F4NO/c1-9-3-4-11(5-13(9)18)10(2)22-16(8-23)12-6-14(19)17(21)15(20)7-12/h3-7,10,16,22-23H,8H2,1-2H3.